The summed E-state index contributed by atoms with van der Waals surface area (Å²) in [4.78, 5) is 29.9. The number of likely N-dealkylation sites (tertiary alicyclic amines) is 1. The molecular formula is C18H22N4O4S. The molecule has 1 N–H and O–H groups in total. The van der Waals surface area contributed by atoms with Gasteiger partial charge < -0.3 is 4.74 Å². The van der Waals surface area contributed by atoms with Gasteiger partial charge in [-0.2, -0.15) is 0 Å². The van der Waals surface area contributed by atoms with Gasteiger partial charge in [-0.15, -0.1) is 11.3 Å². The van der Waals surface area contributed by atoms with Crippen molar-refractivity contribution in [2.75, 3.05) is 25.5 Å². The van der Waals surface area contributed by atoms with Crippen molar-refractivity contribution in [2.45, 2.75) is 32.2 Å². The molecule has 9 heteroatoms. The van der Waals surface area contributed by atoms with Gasteiger partial charge in [0.2, 0.25) is 0 Å². The quantitative estimate of drug-likeness (QED) is 0.597. The normalized spacial score (nSPS) is 15.1. The highest BCUT2D eigenvalue weighted by atomic mass is 32.1. The molecule has 27 heavy (non-hydrogen) atoms. The van der Waals surface area contributed by atoms with Crippen molar-refractivity contribution in [2.24, 2.45) is 0 Å². The molecule has 0 aliphatic carbocycles. The summed E-state index contributed by atoms with van der Waals surface area (Å²) >= 11 is 1.35. The minimum Gasteiger partial charge on any atom is -0.496 e. The van der Waals surface area contributed by atoms with E-state index in [9.17, 15) is 14.9 Å². The lowest BCUT2D eigenvalue weighted by Gasteiger charge is -2.17. The average molecular weight is 390 g/mol. The summed E-state index contributed by atoms with van der Waals surface area (Å²) in [5.74, 6) is -0.203. The molecule has 0 unspecified atom stereocenters. The third kappa shape index (κ3) is 5.01. The van der Waals surface area contributed by atoms with Gasteiger partial charge in [0.1, 0.15) is 5.75 Å². The topological polar surface area (TPSA) is 97.6 Å². The number of nitro benzene ring substituents is 1. The number of amides is 1. The number of anilines is 1. The van der Waals surface area contributed by atoms with E-state index in [0.717, 1.165) is 25.3 Å². The first-order valence-electron chi connectivity index (χ1n) is 8.87. The predicted octanol–water partition coefficient (Wildman–Crippen LogP) is 3.69. The zero-order valence-corrected chi connectivity index (χ0v) is 16.0. The van der Waals surface area contributed by atoms with Crippen LogP contribution in [0.5, 0.6) is 5.75 Å². The molecule has 3 rings (SSSR count). The second kappa shape index (κ2) is 8.92. The van der Waals surface area contributed by atoms with Crippen molar-refractivity contribution < 1.29 is 14.5 Å². The maximum absolute atomic E-state index is 12.6. The van der Waals surface area contributed by atoms with Crippen molar-refractivity contribution in [1.29, 1.82) is 0 Å². The summed E-state index contributed by atoms with van der Waals surface area (Å²) in [7, 11) is 1.42. The number of nitrogens with zero attached hydrogens (tertiary/aromatic N) is 3. The molecule has 0 spiro atoms. The lowest BCUT2D eigenvalue weighted by Crippen LogP contribution is -2.24. The summed E-state index contributed by atoms with van der Waals surface area (Å²) < 4.78 is 5.15. The molecule has 1 fully saturated rings. The number of nitro groups is 1. The van der Waals surface area contributed by atoms with Crippen LogP contribution in [0.1, 0.15) is 41.7 Å². The van der Waals surface area contributed by atoms with E-state index in [2.05, 4.69) is 15.2 Å². The van der Waals surface area contributed by atoms with Crippen molar-refractivity contribution in [1.82, 2.24) is 9.88 Å². The molecule has 1 amide bonds. The molecule has 0 saturated carbocycles. The minimum atomic E-state index is -0.543. The van der Waals surface area contributed by atoms with Crippen LogP contribution in [0, 0.1) is 10.1 Å². The highest BCUT2D eigenvalue weighted by Gasteiger charge is 2.19. The number of methoxy groups -OCH3 is 1. The molecule has 0 bridgehead atoms. The van der Waals surface area contributed by atoms with Gasteiger partial charge >= 0.3 is 0 Å². The highest BCUT2D eigenvalue weighted by Crippen LogP contribution is 2.26. The van der Waals surface area contributed by atoms with Crippen LogP contribution in [0.25, 0.3) is 0 Å². The third-order valence-corrected chi connectivity index (χ3v) is 5.30. The molecule has 2 aromatic rings. The Balaban J connectivity index is 1.68. The number of thiazole rings is 1. The van der Waals surface area contributed by atoms with Gasteiger partial charge in [0.25, 0.3) is 11.6 Å². The molecule has 0 atom stereocenters. The third-order valence-electron chi connectivity index (χ3n) is 4.50. The first-order valence-corrected chi connectivity index (χ1v) is 9.75. The Kier molecular flexibility index (Phi) is 6.36. The highest BCUT2D eigenvalue weighted by molar-refractivity contribution is 7.14. The second-order valence-corrected chi connectivity index (χ2v) is 7.29. The Morgan fingerprint density at radius 1 is 1.33 bits per heavy atom. The zero-order valence-electron chi connectivity index (χ0n) is 15.1. The number of ether oxygens (including phenoxy) is 1. The largest absolute Gasteiger partial charge is 0.496 e. The van der Waals surface area contributed by atoms with Gasteiger partial charge in [0, 0.05) is 24.1 Å². The minimum absolute atomic E-state index is 0.107. The number of carbonyl (C=O) groups is 1. The fourth-order valence-electron chi connectivity index (χ4n) is 3.11. The lowest BCUT2D eigenvalue weighted by atomic mass is 10.1. The summed E-state index contributed by atoms with van der Waals surface area (Å²) in [6, 6.07) is 3.93. The SMILES string of the molecule is COc1ccc([N+](=O)[O-])cc1C(=O)Nc1nc(CN2CCCCCC2)cs1. The smallest absolute Gasteiger partial charge is 0.270 e. The molecule has 144 valence electrons. The fraction of sp³-hybridized carbons (Fsp3) is 0.444. The first kappa shape index (κ1) is 19.2. The Morgan fingerprint density at radius 2 is 2.07 bits per heavy atom. The van der Waals surface area contributed by atoms with E-state index in [1.54, 1.807) is 0 Å². The predicted molar refractivity (Wildman–Crippen MR) is 103 cm³/mol. The van der Waals surface area contributed by atoms with Crippen LogP contribution in [0.4, 0.5) is 10.8 Å². The summed E-state index contributed by atoms with van der Waals surface area (Å²) in [5.41, 5.74) is 0.862. The summed E-state index contributed by atoms with van der Waals surface area (Å²) in [5, 5.41) is 16.1. The maximum atomic E-state index is 12.6. The van der Waals surface area contributed by atoms with E-state index in [0.29, 0.717) is 5.13 Å². The molecule has 1 aliphatic rings. The van der Waals surface area contributed by atoms with E-state index in [1.165, 1.54) is 62.3 Å². The van der Waals surface area contributed by atoms with Gasteiger partial charge in [-0.25, -0.2) is 4.98 Å². The molecule has 8 nitrogen and oxygen atoms in total. The van der Waals surface area contributed by atoms with Crippen molar-refractivity contribution in [3.8, 4) is 5.75 Å². The number of nitrogens with one attached hydrogen (secondary N) is 1. The average Bonchev–Trinajstić information content (AvgIpc) is 2.93. The summed E-state index contributed by atoms with van der Waals surface area (Å²) in [6.45, 7) is 2.92. The molecule has 2 heterocycles. The number of benzene rings is 1. The van der Waals surface area contributed by atoms with Gasteiger partial charge in [-0.3, -0.25) is 25.1 Å². The fourth-order valence-corrected chi connectivity index (χ4v) is 3.81. The number of hydrogen-bond acceptors (Lipinski definition) is 7. The maximum Gasteiger partial charge on any atom is 0.270 e. The molecule has 0 radical (unpaired) electrons. The molecular weight excluding hydrogens is 368 g/mol. The van der Waals surface area contributed by atoms with Gasteiger partial charge in [0.05, 0.1) is 23.3 Å². The second-order valence-electron chi connectivity index (χ2n) is 6.43. The van der Waals surface area contributed by atoms with E-state index in [4.69, 9.17) is 4.74 Å². The van der Waals surface area contributed by atoms with Crippen LogP contribution in [0.2, 0.25) is 0 Å². The Morgan fingerprint density at radius 3 is 2.74 bits per heavy atom. The standard InChI is InChI=1S/C18H22N4O4S/c1-26-16-7-6-14(22(24)25)10-15(16)17(23)20-18-19-13(12-27-18)11-21-8-4-2-3-5-9-21/h6-7,10,12H,2-5,8-9,11H2,1H3,(H,19,20,23). The zero-order chi connectivity index (χ0) is 19.2. The molecule has 1 aromatic heterocycles. The van der Waals surface area contributed by atoms with Crippen molar-refractivity contribution >= 4 is 28.1 Å². The molecule has 1 aliphatic heterocycles. The van der Waals surface area contributed by atoms with Crippen LogP contribution in [0.15, 0.2) is 23.6 Å². The van der Waals surface area contributed by atoms with Gasteiger partial charge in [-0.05, 0) is 32.0 Å². The number of rotatable bonds is 6. The number of aromatic nitrogens is 1. The molecule has 1 saturated heterocycles. The Hall–Kier alpha value is -2.52. The lowest BCUT2D eigenvalue weighted by molar-refractivity contribution is -0.384. The van der Waals surface area contributed by atoms with E-state index in [-0.39, 0.29) is 17.0 Å². The Labute approximate surface area is 161 Å². The van der Waals surface area contributed by atoms with Crippen LogP contribution in [-0.4, -0.2) is 40.9 Å². The molecule has 1 aromatic carbocycles. The van der Waals surface area contributed by atoms with Gasteiger partial charge in [-0.1, -0.05) is 12.8 Å². The number of carbonyl (C=O) groups excluding carboxylic acids is 1. The number of non-ortho nitro benzene ring substituents is 1. The van der Waals surface area contributed by atoms with E-state index in [1.807, 2.05) is 5.38 Å². The summed E-state index contributed by atoms with van der Waals surface area (Å²) in [6.07, 6.45) is 4.97. The van der Waals surface area contributed by atoms with Crippen LogP contribution >= 0.6 is 11.3 Å². The monoisotopic (exact) mass is 390 g/mol. The van der Waals surface area contributed by atoms with Crippen LogP contribution in [0.3, 0.4) is 0 Å². The van der Waals surface area contributed by atoms with E-state index < -0.39 is 10.8 Å². The van der Waals surface area contributed by atoms with Crippen molar-refractivity contribution in [3.05, 3.63) is 45.0 Å². The van der Waals surface area contributed by atoms with Crippen molar-refractivity contribution in [3.63, 3.8) is 0 Å². The van der Waals surface area contributed by atoms with Gasteiger partial charge in [0.15, 0.2) is 5.13 Å². The van der Waals surface area contributed by atoms with E-state index >= 15 is 0 Å². The number of hydrogen-bond donors (Lipinski definition) is 1. The first-order chi connectivity index (χ1) is 13.1. The van der Waals surface area contributed by atoms with Crippen LogP contribution < -0.4 is 10.1 Å². The van der Waals surface area contributed by atoms with Crippen LogP contribution in [-0.2, 0) is 6.54 Å². The Bertz CT molecular complexity index is 815.